The van der Waals surface area contributed by atoms with Crippen LogP contribution in [-0.4, -0.2) is 21.9 Å². The molecule has 0 atom stereocenters. The number of halogens is 1. The van der Waals surface area contributed by atoms with Crippen molar-refractivity contribution in [3.8, 4) is 0 Å². The molecule has 8 nitrogen and oxygen atoms in total. The molecule has 21 heavy (non-hydrogen) atoms. The van der Waals surface area contributed by atoms with Gasteiger partial charge in [-0.25, -0.2) is 4.79 Å². The third kappa shape index (κ3) is 3.08. The van der Waals surface area contributed by atoms with Gasteiger partial charge in [0.25, 0.3) is 11.6 Å². The number of hydrogen-bond donors (Lipinski definition) is 2. The molecule has 0 aliphatic rings. The van der Waals surface area contributed by atoms with Crippen LogP contribution in [0.2, 0.25) is 0 Å². The van der Waals surface area contributed by atoms with Crippen LogP contribution in [0.1, 0.15) is 20.7 Å². The molecule has 9 heteroatoms. The number of nitrogens with one attached hydrogen (secondary N) is 1. The first-order valence-electron chi connectivity index (χ1n) is 5.46. The monoisotopic (exact) mass is 354 g/mol. The molecule has 108 valence electrons. The molecule has 0 spiro atoms. The number of aromatic carboxylic acids is 1. The third-order valence-electron chi connectivity index (χ3n) is 2.55. The van der Waals surface area contributed by atoms with Crippen LogP contribution >= 0.6 is 15.9 Å². The average Bonchev–Trinajstić information content (AvgIpc) is 2.85. The Bertz CT molecular complexity index is 739. The number of nitro groups is 1. The summed E-state index contributed by atoms with van der Waals surface area (Å²) < 4.78 is 5.08. The summed E-state index contributed by atoms with van der Waals surface area (Å²) in [6.45, 7) is 0. The van der Waals surface area contributed by atoms with E-state index in [0.717, 1.165) is 18.2 Å². The van der Waals surface area contributed by atoms with E-state index in [-0.39, 0.29) is 21.5 Å². The smallest absolute Gasteiger partial charge is 0.335 e. The van der Waals surface area contributed by atoms with Crippen LogP contribution in [0.5, 0.6) is 0 Å². The Kier molecular flexibility index (Phi) is 4.03. The maximum Gasteiger partial charge on any atom is 0.335 e. The minimum absolute atomic E-state index is 0.108. The Morgan fingerprint density at radius 3 is 2.57 bits per heavy atom. The second-order valence-corrected chi connectivity index (χ2v) is 4.58. The van der Waals surface area contributed by atoms with Gasteiger partial charge in [0.05, 0.1) is 22.3 Å². The van der Waals surface area contributed by atoms with Crippen molar-refractivity contribution < 1.29 is 24.0 Å². The second-order valence-electron chi connectivity index (χ2n) is 3.86. The highest BCUT2D eigenvalue weighted by Gasteiger charge is 2.21. The van der Waals surface area contributed by atoms with Crippen molar-refractivity contribution in [2.45, 2.75) is 0 Å². The molecular weight excluding hydrogens is 348 g/mol. The Hall–Kier alpha value is -2.68. The fourth-order valence-electron chi connectivity index (χ4n) is 1.57. The predicted molar refractivity (Wildman–Crippen MR) is 74.4 cm³/mol. The zero-order chi connectivity index (χ0) is 15.6. The Labute approximate surface area is 125 Å². The first kappa shape index (κ1) is 14.7. The van der Waals surface area contributed by atoms with Gasteiger partial charge in [0.15, 0.2) is 4.67 Å². The van der Waals surface area contributed by atoms with Crippen LogP contribution in [0.15, 0.2) is 39.6 Å². The Morgan fingerprint density at radius 2 is 2.05 bits per heavy atom. The fourth-order valence-corrected chi connectivity index (χ4v) is 1.99. The maximum absolute atomic E-state index is 11.9. The second kappa shape index (κ2) is 5.75. The number of nitro benzene ring substituents is 1. The third-order valence-corrected chi connectivity index (χ3v) is 3.17. The topological polar surface area (TPSA) is 123 Å². The molecule has 2 N–H and O–H groups in total. The number of rotatable bonds is 4. The van der Waals surface area contributed by atoms with Crippen LogP contribution in [0, 0.1) is 10.1 Å². The minimum atomic E-state index is -1.30. The standard InChI is InChI=1S/C12H7BrN2O6/c13-10-7(3-4-21-10)11(16)14-8-2-1-6(12(17)18)5-9(8)15(19)20/h1-5H,(H,14,16)(H,17,18). The molecule has 1 heterocycles. The number of carbonyl (C=O) groups excluding carboxylic acids is 1. The van der Waals surface area contributed by atoms with Crippen molar-refractivity contribution in [1.82, 2.24) is 0 Å². The summed E-state index contributed by atoms with van der Waals surface area (Å²) in [5.41, 5.74) is -0.707. The highest BCUT2D eigenvalue weighted by molar-refractivity contribution is 9.10. The molecule has 0 aliphatic heterocycles. The summed E-state index contributed by atoms with van der Waals surface area (Å²) in [6.07, 6.45) is 1.28. The van der Waals surface area contributed by atoms with Crippen LogP contribution < -0.4 is 5.32 Å². The number of furan rings is 1. The van der Waals surface area contributed by atoms with E-state index in [1.54, 1.807) is 0 Å². The van der Waals surface area contributed by atoms with E-state index in [0.29, 0.717) is 0 Å². The SMILES string of the molecule is O=C(O)c1ccc(NC(=O)c2ccoc2Br)c([N+](=O)[O-])c1. The van der Waals surface area contributed by atoms with E-state index < -0.39 is 22.5 Å². The van der Waals surface area contributed by atoms with Crippen molar-refractivity contribution in [3.05, 3.63) is 56.4 Å². The van der Waals surface area contributed by atoms with Crippen LogP contribution in [0.25, 0.3) is 0 Å². The van der Waals surface area contributed by atoms with Gasteiger partial charge in [-0.3, -0.25) is 14.9 Å². The number of amides is 1. The number of benzene rings is 1. The molecule has 0 saturated heterocycles. The number of carboxylic acids is 1. The lowest BCUT2D eigenvalue weighted by Gasteiger charge is -2.06. The van der Waals surface area contributed by atoms with E-state index >= 15 is 0 Å². The van der Waals surface area contributed by atoms with Crippen LogP contribution in [0.3, 0.4) is 0 Å². The summed E-state index contributed by atoms with van der Waals surface area (Å²) in [5, 5.41) is 22.1. The zero-order valence-corrected chi connectivity index (χ0v) is 11.8. The van der Waals surface area contributed by atoms with E-state index in [1.165, 1.54) is 12.3 Å². The van der Waals surface area contributed by atoms with Gasteiger partial charge < -0.3 is 14.8 Å². The zero-order valence-electron chi connectivity index (χ0n) is 10.2. The molecule has 0 unspecified atom stereocenters. The first-order chi connectivity index (χ1) is 9.90. The quantitative estimate of drug-likeness (QED) is 0.642. The van der Waals surface area contributed by atoms with Gasteiger partial charge >= 0.3 is 5.97 Å². The van der Waals surface area contributed by atoms with Gasteiger partial charge in [-0.15, -0.1) is 0 Å². The van der Waals surface area contributed by atoms with Crippen molar-refractivity contribution in [2.24, 2.45) is 0 Å². The maximum atomic E-state index is 11.9. The fraction of sp³-hybridized carbons (Fsp3) is 0. The lowest BCUT2D eigenvalue weighted by atomic mass is 10.1. The predicted octanol–water partition coefficient (Wildman–Crippen LogP) is 2.90. The molecule has 0 aliphatic carbocycles. The largest absolute Gasteiger partial charge is 0.478 e. The van der Waals surface area contributed by atoms with Crippen LogP contribution in [0.4, 0.5) is 11.4 Å². The molecule has 0 saturated carbocycles. The number of nitrogens with zero attached hydrogens (tertiary/aromatic N) is 1. The summed E-state index contributed by atoms with van der Waals surface area (Å²) in [5.74, 6) is -1.92. The van der Waals surface area contributed by atoms with Crippen molar-refractivity contribution in [3.63, 3.8) is 0 Å². The minimum Gasteiger partial charge on any atom is -0.478 e. The first-order valence-corrected chi connectivity index (χ1v) is 6.25. The molecule has 1 aromatic carbocycles. The van der Waals surface area contributed by atoms with Gasteiger partial charge in [-0.05, 0) is 34.1 Å². The molecule has 1 aromatic heterocycles. The molecule has 0 radical (unpaired) electrons. The summed E-state index contributed by atoms with van der Waals surface area (Å²) in [7, 11) is 0. The van der Waals surface area contributed by atoms with E-state index in [4.69, 9.17) is 9.52 Å². The Balaban J connectivity index is 2.36. The van der Waals surface area contributed by atoms with Crippen molar-refractivity contribution >= 4 is 39.2 Å². The normalized spacial score (nSPS) is 10.1. The van der Waals surface area contributed by atoms with E-state index in [9.17, 15) is 19.7 Å². The summed E-state index contributed by atoms with van der Waals surface area (Å²) >= 11 is 3.02. The lowest BCUT2D eigenvalue weighted by Crippen LogP contribution is -2.13. The van der Waals surface area contributed by atoms with Gasteiger partial charge in [0.1, 0.15) is 5.69 Å². The molecule has 2 rings (SSSR count). The average molecular weight is 355 g/mol. The molecule has 0 bridgehead atoms. The highest BCUT2D eigenvalue weighted by atomic mass is 79.9. The Morgan fingerprint density at radius 1 is 1.33 bits per heavy atom. The van der Waals surface area contributed by atoms with Gasteiger partial charge in [0, 0.05) is 6.07 Å². The number of carbonyl (C=O) groups is 2. The van der Waals surface area contributed by atoms with Gasteiger partial charge in [-0.2, -0.15) is 0 Å². The molecule has 2 aromatic rings. The molecule has 1 amide bonds. The molecular formula is C12H7BrN2O6. The molecule has 0 fully saturated rings. The summed E-state index contributed by atoms with van der Waals surface area (Å²) in [6, 6.07) is 4.59. The van der Waals surface area contributed by atoms with Crippen molar-refractivity contribution in [1.29, 1.82) is 0 Å². The number of carboxylic acid groups (broad SMARTS) is 1. The number of hydrogen-bond acceptors (Lipinski definition) is 5. The van der Waals surface area contributed by atoms with E-state index in [2.05, 4.69) is 21.2 Å². The highest BCUT2D eigenvalue weighted by Crippen LogP contribution is 2.27. The van der Waals surface area contributed by atoms with Gasteiger partial charge in [-0.1, -0.05) is 0 Å². The summed E-state index contributed by atoms with van der Waals surface area (Å²) in [4.78, 5) is 33.0. The van der Waals surface area contributed by atoms with Crippen LogP contribution in [-0.2, 0) is 0 Å². The van der Waals surface area contributed by atoms with Gasteiger partial charge in [0.2, 0.25) is 0 Å². The lowest BCUT2D eigenvalue weighted by molar-refractivity contribution is -0.383. The van der Waals surface area contributed by atoms with E-state index in [1.807, 2.05) is 0 Å². The van der Waals surface area contributed by atoms with Crippen molar-refractivity contribution in [2.75, 3.05) is 5.32 Å². The number of anilines is 1.